The largest absolute Gasteiger partial charge is 0.464 e. The second kappa shape index (κ2) is 4.26. The van der Waals surface area contributed by atoms with Gasteiger partial charge in [-0.2, -0.15) is 0 Å². The number of anilines is 1. The van der Waals surface area contributed by atoms with E-state index in [2.05, 4.69) is 10.3 Å². The molecule has 0 aromatic carbocycles. The molecule has 1 fully saturated rings. The Morgan fingerprint density at radius 1 is 1.56 bits per heavy atom. The monoisotopic (exact) mass is 248 g/mol. The van der Waals surface area contributed by atoms with Crippen molar-refractivity contribution >= 4 is 16.8 Å². The van der Waals surface area contributed by atoms with Gasteiger partial charge in [0.2, 0.25) is 0 Å². The molecule has 0 aliphatic carbocycles. The third kappa shape index (κ3) is 1.85. The topological polar surface area (TPSA) is 67.5 Å². The normalized spacial score (nSPS) is 27.8. The minimum atomic E-state index is -0.826. The van der Waals surface area contributed by atoms with Gasteiger partial charge in [-0.25, -0.2) is 4.98 Å². The van der Waals surface area contributed by atoms with Crippen LogP contribution in [0.1, 0.15) is 13.3 Å². The first-order valence-corrected chi connectivity index (χ1v) is 6.09. The molecule has 5 nitrogen and oxygen atoms in total. The number of hydrogen-bond donors (Lipinski definition) is 2. The minimum Gasteiger partial charge on any atom is -0.464 e. The summed E-state index contributed by atoms with van der Waals surface area (Å²) in [5, 5.41) is 14.5. The van der Waals surface area contributed by atoms with E-state index >= 15 is 0 Å². The van der Waals surface area contributed by atoms with Crippen LogP contribution in [-0.2, 0) is 4.74 Å². The van der Waals surface area contributed by atoms with Gasteiger partial charge < -0.3 is 19.6 Å². The van der Waals surface area contributed by atoms with Gasteiger partial charge in [0.15, 0.2) is 0 Å². The van der Waals surface area contributed by atoms with Crippen LogP contribution >= 0.6 is 0 Å². The van der Waals surface area contributed by atoms with Gasteiger partial charge in [-0.1, -0.05) is 0 Å². The minimum absolute atomic E-state index is 0.159. The van der Waals surface area contributed by atoms with Crippen LogP contribution in [0.2, 0.25) is 0 Å². The van der Waals surface area contributed by atoms with Gasteiger partial charge in [-0.3, -0.25) is 0 Å². The third-order valence-corrected chi connectivity index (χ3v) is 3.60. The molecule has 3 heterocycles. The van der Waals surface area contributed by atoms with E-state index in [4.69, 9.17) is 9.15 Å². The molecule has 1 saturated heterocycles. The SMILES string of the molecule is CC1OCCC1(O)CNc1nccc2occc12. The molecule has 2 unspecified atom stereocenters. The summed E-state index contributed by atoms with van der Waals surface area (Å²) in [6.07, 6.45) is 3.80. The predicted molar refractivity (Wildman–Crippen MR) is 67.5 cm³/mol. The van der Waals surface area contributed by atoms with E-state index in [0.29, 0.717) is 19.6 Å². The third-order valence-electron chi connectivity index (χ3n) is 3.60. The molecule has 0 radical (unpaired) electrons. The molecular weight excluding hydrogens is 232 g/mol. The zero-order valence-corrected chi connectivity index (χ0v) is 10.2. The summed E-state index contributed by atoms with van der Waals surface area (Å²) < 4.78 is 10.7. The highest BCUT2D eigenvalue weighted by Crippen LogP contribution is 2.27. The summed E-state index contributed by atoms with van der Waals surface area (Å²) >= 11 is 0. The Balaban J connectivity index is 1.79. The average molecular weight is 248 g/mol. The molecule has 2 N–H and O–H groups in total. The number of rotatable bonds is 3. The molecule has 2 atom stereocenters. The van der Waals surface area contributed by atoms with Crippen LogP contribution in [0, 0.1) is 0 Å². The van der Waals surface area contributed by atoms with Crippen LogP contribution in [0.3, 0.4) is 0 Å². The molecule has 2 aromatic rings. The molecule has 0 bridgehead atoms. The van der Waals surface area contributed by atoms with E-state index in [1.807, 2.05) is 19.1 Å². The van der Waals surface area contributed by atoms with Crippen molar-refractivity contribution in [1.29, 1.82) is 0 Å². The van der Waals surface area contributed by atoms with E-state index in [-0.39, 0.29) is 6.10 Å². The summed E-state index contributed by atoms with van der Waals surface area (Å²) in [6, 6.07) is 3.68. The predicted octanol–water partition coefficient (Wildman–Crippen LogP) is 1.78. The van der Waals surface area contributed by atoms with Gasteiger partial charge in [-0.05, 0) is 19.1 Å². The number of nitrogens with zero attached hydrogens (tertiary/aromatic N) is 1. The first-order chi connectivity index (χ1) is 8.69. The average Bonchev–Trinajstić information content (AvgIpc) is 2.95. The maximum absolute atomic E-state index is 10.4. The standard InChI is InChI=1S/C13H16N2O3/c1-9-13(16,4-7-17-9)8-15-12-10-3-6-18-11(10)2-5-14-12/h2-3,5-6,9,16H,4,7-8H2,1H3,(H,14,15). The van der Waals surface area contributed by atoms with Crippen LogP contribution in [0.25, 0.3) is 11.0 Å². The number of aliphatic hydroxyl groups is 1. The van der Waals surface area contributed by atoms with E-state index in [0.717, 1.165) is 16.8 Å². The lowest BCUT2D eigenvalue weighted by Gasteiger charge is -2.26. The summed E-state index contributed by atoms with van der Waals surface area (Å²) in [6.45, 7) is 2.91. The van der Waals surface area contributed by atoms with Gasteiger partial charge in [-0.15, -0.1) is 0 Å². The highest BCUT2D eigenvalue weighted by atomic mass is 16.5. The van der Waals surface area contributed by atoms with Crippen LogP contribution in [0.15, 0.2) is 29.0 Å². The maximum atomic E-state index is 10.4. The quantitative estimate of drug-likeness (QED) is 0.866. The van der Waals surface area contributed by atoms with Crippen LogP contribution in [0.4, 0.5) is 5.82 Å². The van der Waals surface area contributed by atoms with Crippen molar-refractivity contribution in [3.8, 4) is 0 Å². The van der Waals surface area contributed by atoms with Gasteiger partial charge in [0.25, 0.3) is 0 Å². The Bertz CT molecular complexity index is 554. The van der Waals surface area contributed by atoms with E-state index in [1.165, 1.54) is 0 Å². The van der Waals surface area contributed by atoms with Crippen molar-refractivity contribution in [3.63, 3.8) is 0 Å². The lowest BCUT2D eigenvalue weighted by molar-refractivity contribution is -0.0176. The van der Waals surface area contributed by atoms with Crippen LogP contribution in [-0.4, -0.2) is 34.9 Å². The summed E-state index contributed by atoms with van der Waals surface area (Å²) in [7, 11) is 0. The van der Waals surface area contributed by atoms with Crippen molar-refractivity contribution in [1.82, 2.24) is 4.98 Å². The number of aromatic nitrogens is 1. The van der Waals surface area contributed by atoms with Crippen molar-refractivity contribution < 1.29 is 14.3 Å². The molecule has 18 heavy (non-hydrogen) atoms. The smallest absolute Gasteiger partial charge is 0.139 e. The summed E-state index contributed by atoms with van der Waals surface area (Å²) in [5.41, 5.74) is -0.0386. The van der Waals surface area contributed by atoms with E-state index in [9.17, 15) is 5.11 Å². The highest BCUT2D eigenvalue weighted by Gasteiger charge is 2.39. The first-order valence-electron chi connectivity index (χ1n) is 6.09. The molecule has 3 rings (SSSR count). The summed E-state index contributed by atoms with van der Waals surface area (Å²) in [5.74, 6) is 0.730. The second-order valence-electron chi connectivity index (χ2n) is 4.71. The van der Waals surface area contributed by atoms with Gasteiger partial charge in [0.05, 0.1) is 17.8 Å². The molecule has 0 amide bonds. The molecule has 5 heteroatoms. The van der Waals surface area contributed by atoms with Crippen molar-refractivity contribution in [2.45, 2.75) is 25.0 Å². The number of fused-ring (bicyclic) bond motifs is 1. The van der Waals surface area contributed by atoms with E-state index in [1.54, 1.807) is 12.5 Å². The highest BCUT2D eigenvalue weighted by molar-refractivity contribution is 5.87. The second-order valence-corrected chi connectivity index (χ2v) is 4.71. The molecule has 2 aromatic heterocycles. The lowest BCUT2D eigenvalue weighted by atomic mass is 9.97. The zero-order valence-electron chi connectivity index (χ0n) is 10.2. The van der Waals surface area contributed by atoms with Crippen molar-refractivity contribution in [2.75, 3.05) is 18.5 Å². The van der Waals surface area contributed by atoms with E-state index < -0.39 is 5.60 Å². The Kier molecular flexibility index (Phi) is 2.72. The van der Waals surface area contributed by atoms with Crippen molar-refractivity contribution in [2.24, 2.45) is 0 Å². The first kappa shape index (κ1) is 11.5. The molecule has 1 aliphatic heterocycles. The number of pyridine rings is 1. The molecule has 96 valence electrons. The van der Waals surface area contributed by atoms with Gasteiger partial charge >= 0.3 is 0 Å². The Morgan fingerprint density at radius 3 is 3.22 bits per heavy atom. The fourth-order valence-electron chi connectivity index (χ4n) is 2.28. The Hall–Kier alpha value is -1.59. The number of furan rings is 1. The molecular formula is C13H16N2O3. The Morgan fingerprint density at radius 2 is 2.44 bits per heavy atom. The number of ether oxygens (including phenoxy) is 1. The maximum Gasteiger partial charge on any atom is 0.139 e. The number of nitrogens with one attached hydrogen (secondary N) is 1. The van der Waals surface area contributed by atoms with Gasteiger partial charge in [0.1, 0.15) is 17.0 Å². The lowest BCUT2D eigenvalue weighted by Crippen LogP contribution is -2.43. The van der Waals surface area contributed by atoms with Crippen LogP contribution in [0.5, 0.6) is 0 Å². The molecule has 0 spiro atoms. The fraction of sp³-hybridized carbons (Fsp3) is 0.462. The number of hydrogen-bond acceptors (Lipinski definition) is 5. The van der Waals surface area contributed by atoms with Crippen molar-refractivity contribution in [3.05, 3.63) is 24.6 Å². The van der Waals surface area contributed by atoms with Crippen LogP contribution < -0.4 is 5.32 Å². The van der Waals surface area contributed by atoms with Gasteiger partial charge in [0, 0.05) is 25.8 Å². The zero-order chi connectivity index (χ0) is 12.6. The Labute approximate surface area is 105 Å². The molecule has 0 saturated carbocycles. The fourth-order valence-corrected chi connectivity index (χ4v) is 2.28. The summed E-state index contributed by atoms with van der Waals surface area (Å²) in [4.78, 5) is 4.27. The molecule has 1 aliphatic rings.